The summed E-state index contributed by atoms with van der Waals surface area (Å²) in [5.74, 6) is -0.0216. The number of phenolic OH excluding ortho intramolecular Hbond substituents is 1. The van der Waals surface area contributed by atoms with E-state index in [1.807, 2.05) is 0 Å². The second kappa shape index (κ2) is 5.87. The monoisotopic (exact) mass is 314 g/mol. The molecule has 2 aliphatic rings. The van der Waals surface area contributed by atoms with Gasteiger partial charge in [-0.1, -0.05) is 0 Å². The highest BCUT2D eigenvalue weighted by Gasteiger charge is 2.27. The van der Waals surface area contributed by atoms with Crippen LogP contribution in [0.5, 0.6) is 5.75 Å². The fourth-order valence-electron chi connectivity index (χ4n) is 2.57. The summed E-state index contributed by atoms with van der Waals surface area (Å²) >= 11 is 0. The van der Waals surface area contributed by atoms with Crippen LogP contribution in [0.25, 0.3) is 0 Å². The van der Waals surface area contributed by atoms with E-state index in [9.17, 15) is 9.50 Å². The molecule has 0 amide bonds. The second-order valence-electron chi connectivity index (χ2n) is 5.87. The zero-order valence-corrected chi connectivity index (χ0v) is 12.9. The van der Waals surface area contributed by atoms with Crippen molar-refractivity contribution in [3.8, 4) is 5.75 Å². The topological polar surface area (TPSA) is 97.0 Å². The zero-order valence-electron chi connectivity index (χ0n) is 12.9. The first kappa shape index (κ1) is 15.3. The summed E-state index contributed by atoms with van der Waals surface area (Å²) in [4.78, 5) is 8.54. The molecule has 1 aliphatic carbocycles. The van der Waals surface area contributed by atoms with E-state index in [4.69, 9.17) is 11.5 Å². The third kappa shape index (κ3) is 3.26. The van der Waals surface area contributed by atoms with Crippen LogP contribution in [0.2, 0.25) is 0 Å². The Bertz CT molecular complexity index is 746. The average molecular weight is 314 g/mol. The molecule has 1 aliphatic heterocycles. The highest BCUT2D eigenvalue weighted by atomic mass is 19.1. The van der Waals surface area contributed by atoms with Gasteiger partial charge in [-0.25, -0.2) is 9.38 Å². The molecule has 6 heteroatoms. The van der Waals surface area contributed by atoms with Crippen LogP contribution in [0, 0.1) is 5.82 Å². The minimum Gasteiger partial charge on any atom is -0.507 e. The lowest BCUT2D eigenvalue weighted by molar-refractivity contribution is 0.466. The van der Waals surface area contributed by atoms with Crippen molar-refractivity contribution in [3.05, 3.63) is 52.7 Å². The van der Waals surface area contributed by atoms with Crippen molar-refractivity contribution in [2.75, 3.05) is 6.54 Å². The Hall–Kier alpha value is -2.63. The molecule has 5 N–H and O–H groups in total. The van der Waals surface area contributed by atoms with Gasteiger partial charge in [0, 0.05) is 5.70 Å². The third-order valence-electron chi connectivity index (χ3n) is 3.78. The fourth-order valence-corrected chi connectivity index (χ4v) is 2.57. The van der Waals surface area contributed by atoms with Crippen LogP contribution in [0.15, 0.2) is 45.8 Å². The fraction of sp³-hybridized carbons (Fsp3) is 0.294. The van der Waals surface area contributed by atoms with E-state index in [0.29, 0.717) is 17.3 Å². The Labute approximate surface area is 133 Å². The van der Waals surface area contributed by atoms with Crippen LogP contribution in [-0.4, -0.2) is 23.1 Å². The number of phenols is 1. The van der Waals surface area contributed by atoms with Crippen LogP contribution >= 0.6 is 0 Å². The van der Waals surface area contributed by atoms with Gasteiger partial charge in [-0.15, -0.1) is 0 Å². The van der Waals surface area contributed by atoms with Crippen molar-refractivity contribution < 1.29 is 9.50 Å². The SMILES string of the molecule is C/C(N)=C/C1=NC(N)=CCN=C1c1c(O)cc(C2CC2)cc1F. The van der Waals surface area contributed by atoms with Gasteiger partial charge < -0.3 is 16.6 Å². The van der Waals surface area contributed by atoms with E-state index in [1.54, 1.807) is 25.1 Å². The van der Waals surface area contributed by atoms with Crippen molar-refractivity contribution >= 4 is 11.4 Å². The Morgan fingerprint density at radius 3 is 2.74 bits per heavy atom. The van der Waals surface area contributed by atoms with Crippen LogP contribution in [-0.2, 0) is 0 Å². The molecule has 0 aromatic heterocycles. The van der Waals surface area contributed by atoms with Gasteiger partial charge in [-0.3, -0.25) is 4.99 Å². The van der Waals surface area contributed by atoms with Gasteiger partial charge in [-0.05, 0) is 55.5 Å². The number of nitrogens with two attached hydrogens (primary N) is 2. The van der Waals surface area contributed by atoms with Gasteiger partial charge in [-0.2, -0.15) is 0 Å². The number of nitrogens with zero attached hydrogens (tertiary/aromatic N) is 2. The lowest BCUT2D eigenvalue weighted by atomic mass is 9.99. The largest absolute Gasteiger partial charge is 0.507 e. The number of aliphatic imine (C=N–C) groups is 2. The number of allylic oxidation sites excluding steroid dienone is 2. The van der Waals surface area contributed by atoms with E-state index < -0.39 is 5.82 Å². The van der Waals surface area contributed by atoms with E-state index in [2.05, 4.69) is 9.98 Å². The first-order chi connectivity index (χ1) is 11.0. The van der Waals surface area contributed by atoms with Crippen LogP contribution in [0.1, 0.15) is 36.8 Å². The Kier molecular flexibility index (Phi) is 3.90. The second-order valence-corrected chi connectivity index (χ2v) is 5.87. The van der Waals surface area contributed by atoms with Crippen molar-refractivity contribution in [2.45, 2.75) is 25.7 Å². The standard InChI is InChI=1S/C17H19FN4O/c1-9(19)6-13-17(21-5-4-15(20)22-13)16-12(18)7-11(8-14(16)23)10-2-3-10/h4,6-8,10,23H,2-3,5,19-20H2,1H3/b9-6-. The summed E-state index contributed by atoms with van der Waals surface area (Å²) in [6.07, 6.45) is 5.25. The summed E-state index contributed by atoms with van der Waals surface area (Å²) in [5.41, 5.74) is 13.4. The molecule has 0 spiro atoms. The van der Waals surface area contributed by atoms with Crippen LogP contribution in [0.3, 0.4) is 0 Å². The molecule has 120 valence electrons. The van der Waals surface area contributed by atoms with Gasteiger partial charge in [0.2, 0.25) is 0 Å². The quantitative estimate of drug-likeness (QED) is 0.798. The molecule has 0 saturated heterocycles. The maximum Gasteiger partial charge on any atom is 0.136 e. The molecule has 3 rings (SSSR count). The summed E-state index contributed by atoms with van der Waals surface area (Å²) < 4.78 is 14.6. The molecule has 0 radical (unpaired) electrons. The van der Waals surface area contributed by atoms with Crippen molar-refractivity contribution in [1.29, 1.82) is 0 Å². The van der Waals surface area contributed by atoms with Gasteiger partial charge in [0.25, 0.3) is 0 Å². The molecular weight excluding hydrogens is 295 g/mol. The minimum atomic E-state index is -0.512. The minimum absolute atomic E-state index is 0.0359. The highest BCUT2D eigenvalue weighted by molar-refractivity contribution is 6.52. The predicted octanol–water partition coefficient (Wildman–Crippen LogP) is 2.32. The Morgan fingerprint density at radius 1 is 1.39 bits per heavy atom. The van der Waals surface area contributed by atoms with Crippen LogP contribution < -0.4 is 11.5 Å². The first-order valence-corrected chi connectivity index (χ1v) is 7.51. The molecular formula is C17H19FN4O. The summed E-state index contributed by atoms with van der Waals surface area (Å²) in [6.45, 7) is 1.95. The molecule has 0 bridgehead atoms. The summed E-state index contributed by atoms with van der Waals surface area (Å²) in [5, 5.41) is 10.3. The smallest absolute Gasteiger partial charge is 0.136 e. The molecule has 0 unspecified atom stereocenters. The van der Waals surface area contributed by atoms with Gasteiger partial charge in [0.1, 0.15) is 17.4 Å². The molecule has 1 aromatic rings. The van der Waals surface area contributed by atoms with Crippen molar-refractivity contribution in [2.24, 2.45) is 21.5 Å². The van der Waals surface area contributed by atoms with Gasteiger partial charge >= 0.3 is 0 Å². The van der Waals surface area contributed by atoms with Crippen LogP contribution in [0.4, 0.5) is 4.39 Å². The number of rotatable bonds is 3. The number of aromatic hydroxyl groups is 1. The molecule has 23 heavy (non-hydrogen) atoms. The molecule has 1 aromatic carbocycles. The lowest BCUT2D eigenvalue weighted by Crippen LogP contribution is -2.18. The number of hydrogen-bond acceptors (Lipinski definition) is 5. The molecule has 0 atom stereocenters. The van der Waals surface area contributed by atoms with E-state index in [0.717, 1.165) is 18.4 Å². The summed E-state index contributed by atoms with van der Waals surface area (Å²) in [6, 6.07) is 3.07. The number of hydrogen-bond donors (Lipinski definition) is 3. The normalized spacial score (nSPS) is 18.9. The molecule has 1 saturated carbocycles. The Morgan fingerprint density at radius 2 is 2.13 bits per heavy atom. The van der Waals surface area contributed by atoms with Gasteiger partial charge in [0.05, 0.1) is 23.5 Å². The highest BCUT2D eigenvalue weighted by Crippen LogP contribution is 2.42. The number of halogens is 1. The molecule has 5 nitrogen and oxygen atoms in total. The molecule has 1 heterocycles. The molecule has 1 fully saturated rings. The summed E-state index contributed by atoms with van der Waals surface area (Å²) in [7, 11) is 0. The van der Waals surface area contributed by atoms with Gasteiger partial charge in [0.15, 0.2) is 0 Å². The van der Waals surface area contributed by atoms with E-state index in [-0.39, 0.29) is 29.4 Å². The van der Waals surface area contributed by atoms with Crippen molar-refractivity contribution in [1.82, 2.24) is 0 Å². The van der Waals surface area contributed by atoms with Crippen molar-refractivity contribution in [3.63, 3.8) is 0 Å². The predicted molar refractivity (Wildman–Crippen MR) is 89.1 cm³/mol. The number of benzene rings is 1. The first-order valence-electron chi connectivity index (χ1n) is 7.51. The average Bonchev–Trinajstić information content (AvgIpc) is 3.27. The lowest BCUT2D eigenvalue weighted by Gasteiger charge is -2.12. The third-order valence-corrected chi connectivity index (χ3v) is 3.78. The van der Waals surface area contributed by atoms with E-state index in [1.165, 1.54) is 6.07 Å². The Balaban J connectivity index is 2.10. The zero-order chi connectivity index (χ0) is 16.6. The maximum atomic E-state index is 14.6. The maximum absolute atomic E-state index is 14.6. The van der Waals surface area contributed by atoms with E-state index >= 15 is 0 Å².